The molecule has 0 aliphatic heterocycles. The summed E-state index contributed by atoms with van der Waals surface area (Å²) in [7, 11) is -3.56. The van der Waals surface area contributed by atoms with Gasteiger partial charge in [-0.05, 0) is 89.5 Å². The number of carbonyl (C=O) groups is 1. The zero-order valence-corrected chi connectivity index (χ0v) is 23.2. The van der Waals surface area contributed by atoms with Crippen LogP contribution in [0, 0.1) is 0 Å². The van der Waals surface area contributed by atoms with E-state index in [1.54, 1.807) is 48.5 Å². The number of amides is 1. The van der Waals surface area contributed by atoms with Crippen molar-refractivity contribution in [1.29, 1.82) is 0 Å². The Morgan fingerprint density at radius 1 is 0.846 bits per heavy atom. The molecule has 0 bridgehead atoms. The summed E-state index contributed by atoms with van der Waals surface area (Å²) in [5.74, 6) is 0.273. The first-order valence-corrected chi connectivity index (χ1v) is 14.4. The monoisotopic (exact) mass is 581 g/mol. The minimum Gasteiger partial charge on any atom is -0.489 e. The second-order valence-electron chi connectivity index (χ2n) is 8.63. The molecule has 0 atom stereocenters. The third-order valence-electron chi connectivity index (χ3n) is 5.64. The maximum absolute atomic E-state index is 12.5. The molecule has 0 heterocycles. The Morgan fingerprint density at radius 3 is 1.97 bits per heavy atom. The van der Waals surface area contributed by atoms with Crippen LogP contribution in [0.1, 0.15) is 27.0 Å². The van der Waals surface area contributed by atoms with Crippen LogP contribution in [0.5, 0.6) is 5.75 Å². The number of hydrogen-bond donors (Lipinski definition) is 1. The molecule has 4 aromatic rings. The molecule has 1 amide bonds. The van der Waals surface area contributed by atoms with Crippen LogP contribution in [-0.2, 0) is 23.2 Å². The summed E-state index contributed by atoms with van der Waals surface area (Å²) in [5, 5.41) is 5.26. The number of hydrazone groups is 1. The molecule has 4 aromatic carbocycles. The summed E-state index contributed by atoms with van der Waals surface area (Å²) in [5.41, 5.74) is 5.81. The van der Waals surface area contributed by atoms with Crippen LogP contribution in [0.4, 0.5) is 5.69 Å². The van der Waals surface area contributed by atoms with E-state index in [0.717, 1.165) is 22.9 Å². The van der Waals surface area contributed by atoms with E-state index < -0.39 is 15.9 Å². The van der Waals surface area contributed by atoms with Crippen LogP contribution in [0.3, 0.4) is 0 Å². The van der Waals surface area contributed by atoms with E-state index in [2.05, 4.69) is 10.5 Å². The lowest BCUT2D eigenvalue weighted by Gasteiger charge is -2.22. The van der Waals surface area contributed by atoms with Gasteiger partial charge in [-0.1, -0.05) is 47.5 Å². The molecule has 0 aromatic heterocycles. The topological polar surface area (TPSA) is 88.1 Å². The Kier molecular flexibility index (Phi) is 9.24. The van der Waals surface area contributed by atoms with Gasteiger partial charge in [0.05, 0.1) is 24.7 Å². The summed E-state index contributed by atoms with van der Waals surface area (Å²) < 4.78 is 31.9. The second kappa shape index (κ2) is 12.8. The molecule has 0 aliphatic carbocycles. The standard InChI is InChI=1S/C29H25Cl2N3O4S/c1-39(36,37)34(19-22-2-10-25(30)11-3-22)27-14-8-24(9-15-27)29(35)33-32-18-21-6-16-28(17-7-21)38-20-23-4-12-26(31)13-5-23/h2-18H,19-20H2,1H3,(H,33,35)/b32-18-. The van der Waals surface area contributed by atoms with Gasteiger partial charge in [-0.3, -0.25) is 9.10 Å². The Hall–Kier alpha value is -3.85. The van der Waals surface area contributed by atoms with Crippen molar-refractivity contribution in [3.05, 3.63) is 129 Å². The van der Waals surface area contributed by atoms with E-state index in [-0.39, 0.29) is 6.54 Å². The predicted octanol–water partition coefficient (Wildman–Crippen LogP) is 6.30. The van der Waals surface area contributed by atoms with E-state index in [1.165, 1.54) is 10.5 Å². The number of anilines is 1. The number of nitrogens with zero attached hydrogens (tertiary/aromatic N) is 2. The van der Waals surface area contributed by atoms with Gasteiger partial charge in [0, 0.05) is 15.6 Å². The Labute approximate surface area is 237 Å². The summed E-state index contributed by atoms with van der Waals surface area (Å²) in [6.07, 6.45) is 2.66. The first-order chi connectivity index (χ1) is 18.7. The largest absolute Gasteiger partial charge is 0.489 e. The average molecular weight is 583 g/mol. The van der Waals surface area contributed by atoms with Gasteiger partial charge < -0.3 is 4.74 Å². The van der Waals surface area contributed by atoms with E-state index in [0.29, 0.717) is 33.7 Å². The van der Waals surface area contributed by atoms with Gasteiger partial charge in [0.15, 0.2) is 0 Å². The molecular formula is C29H25Cl2N3O4S. The number of sulfonamides is 1. The fourth-order valence-electron chi connectivity index (χ4n) is 3.56. The normalized spacial score (nSPS) is 11.4. The molecule has 0 radical (unpaired) electrons. The fraction of sp³-hybridized carbons (Fsp3) is 0.103. The van der Waals surface area contributed by atoms with E-state index in [4.69, 9.17) is 27.9 Å². The van der Waals surface area contributed by atoms with Crippen molar-refractivity contribution in [3.63, 3.8) is 0 Å². The fourth-order valence-corrected chi connectivity index (χ4v) is 4.70. The van der Waals surface area contributed by atoms with Gasteiger partial charge in [-0.2, -0.15) is 5.10 Å². The number of nitrogens with one attached hydrogen (secondary N) is 1. The Morgan fingerprint density at radius 2 is 1.41 bits per heavy atom. The van der Waals surface area contributed by atoms with Crippen LogP contribution < -0.4 is 14.5 Å². The summed E-state index contributed by atoms with van der Waals surface area (Å²) in [4.78, 5) is 12.5. The van der Waals surface area contributed by atoms with Crippen molar-refractivity contribution in [2.24, 2.45) is 5.10 Å². The van der Waals surface area contributed by atoms with Crippen molar-refractivity contribution in [2.75, 3.05) is 10.6 Å². The summed E-state index contributed by atoms with van der Waals surface area (Å²) >= 11 is 11.8. The van der Waals surface area contributed by atoms with Crippen molar-refractivity contribution in [2.45, 2.75) is 13.2 Å². The van der Waals surface area contributed by atoms with Crippen LogP contribution >= 0.6 is 23.2 Å². The molecule has 4 rings (SSSR count). The maximum atomic E-state index is 12.5. The summed E-state index contributed by atoms with van der Waals surface area (Å²) in [6, 6.07) is 27.9. The highest BCUT2D eigenvalue weighted by Gasteiger charge is 2.18. The van der Waals surface area contributed by atoms with Gasteiger partial charge in [0.25, 0.3) is 5.91 Å². The minimum absolute atomic E-state index is 0.136. The van der Waals surface area contributed by atoms with E-state index in [9.17, 15) is 13.2 Å². The highest BCUT2D eigenvalue weighted by molar-refractivity contribution is 7.92. The van der Waals surface area contributed by atoms with Crippen molar-refractivity contribution < 1.29 is 17.9 Å². The molecule has 0 spiro atoms. The second-order valence-corrected chi connectivity index (χ2v) is 11.4. The first-order valence-electron chi connectivity index (χ1n) is 11.8. The first kappa shape index (κ1) is 28.2. The molecule has 0 aliphatic rings. The number of ether oxygens (including phenoxy) is 1. The van der Waals surface area contributed by atoms with Crippen molar-refractivity contribution in [3.8, 4) is 5.75 Å². The van der Waals surface area contributed by atoms with Gasteiger partial charge >= 0.3 is 0 Å². The highest BCUT2D eigenvalue weighted by Crippen LogP contribution is 2.22. The SMILES string of the molecule is CS(=O)(=O)N(Cc1ccc(Cl)cc1)c1ccc(C(=O)N/N=C\c2ccc(OCc3ccc(Cl)cc3)cc2)cc1. The average Bonchev–Trinajstić information content (AvgIpc) is 2.92. The zero-order chi connectivity index (χ0) is 27.8. The molecule has 10 heteroatoms. The molecular weight excluding hydrogens is 557 g/mol. The number of rotatable bonds is 10. The van der Waals surface area contributed by atoms with Crippen LogP contribution in [0.25, 0.3) is 0 Å². The maximum Gasteiger partial charge on any atom is 0.271 e. The number of benzene rings is 4. The molecule has 0 saturated heterocycles. The lowest BCUT2D eigenvalue weighted by atomic mass is 10.2. The Balaban J connectivity index is 1.32. The highest BCUT2D eigenvalue weighted by atomic mass is 35.5. The van der Waals surface area contributed by atoms with Crippen molar-refractivity contribution >= 4 is 51.0 Å². The molecule has 200 valence electrons. The molecule has 0 unspecified atom stereocenters. The van der Waals surface area contributed by atoms with Crippen LogP contribution in [0.2, 0.25) is 10.0 Å². The van der Waals surface area contributed by atoms with Gasteiger partial charge in [0.2, 0.25) is 10.0 Å². The lowest BCUT2D eigenvalue weighted by molar-refractivity contribution is 0.0955. The number of halogens is 2. The molecule has 0 fully saturated rings. The van der Waals surface area contributed by atoms with E-state index >= 15 is 0 Å². The van der Waals surface area contributed by atoms with Crippen LogP contribution in [-0.4, -0.2) is 26.8 Å². The quantitative estimate of drug-likeness (QED) is 0.176. The smallest absolute Gasteiger partial charge is 0.271 e. The van der Waals surface area contributed by atoms with Crippen LogP contribution in [0.15, 0.2) is 102 Å². The summed E-state index contributed by atoms with van der Waals surface area (Å²) in [6.45, 7) is 0.555. The van der Waals surface area contributed by atoms with Gasteiger partial charge in [0.1, 0.15) is 12.4 Å². The predicted molar refractivity (Wildman–Crippen MR) is 156 cm³/mol. The van der Waals surface area contributed by atoms with Gasteiger partial charge in [-0.25, -0.2) is 13.8 Å². The van der Waals surface area contributed by atoms with Gasteiger partial charge in [-0.15, -0.1) is 0 Å². The third-order valence-corrected chi connectivity index (χ3v) is 7.28. The molecule has 7 nitrogen and oxygen atoms in total. The lowest BCUT2D eigenvalue weighted by Crippen LogP contribution is -2.29. The number of carbonyl (C=O) groups excluding carboxylic acids is 1. The minimum atomic E-state index is -3.56. The van der Waals surface area contributed by atoms with E-state index in [1.807, 2.05) is 48.5 Å². The number of hydrogen-bond acceptors (Lipinski definition) is 5. The Bertz CT molecular complexity index is 1540. The van der Waals surface area contributed by atoms with Crippen molar-refractivity contribution in [1.82, 2.24) is 5.43 Å². The molecule has 1 N–H and O–H groups in total. The molecule has 0 saturated carbocycles. The zero-order valence-electron chi connectivity index (χ0n) is 20.9. The third kappa shape index (κ3) is 8.32. The molecule has 39 heavy (non-hydrogen) atoms.